The molecule has 2 heterocycles. The number of anilines is 1. The Hall–Kier alpha value is -1.23. The van der Waals surface area contributed by atoms with Crippen molar-refractivity contribution in [2.45, 2.75) is 32.9 Å². The maximum Gasteiger partial charge on any atom is 0.232 e. The van der Waals surface area contributed by atoms with Crippen LogP contribution in [0.3, 0.4) is 0 Å². The molecule has 25 heavy (non-hydrogen) atoms. The summed E-state index contributed by atoms with van der Waals surface area (Å²) in [7, 11) is -3.53. The average molecular weight is 423 g/mol. The highest BCUT2D eigenvalue weighted by Gasteiger charge is 2.15. The molecule has 0 fully saturated rings. The lowest BCUT2D eigenvalue weighted by Gasteiger charge is -2.16. The second kappa shape index (κ2) is 7.18. The Labute approximate surface area is 158 Å². The van der Waals surface area contributed by atoms with Crippen LogP contribution < -0.4 is 9.52 Å². The lowest BCUT2D eigenvalue weighted by atomic mass is 10.2. The summed E-state index contributed by atoms with van der Waals surface area (Å²) in [6.45, 7) is 3.08. The van der Waals surface area contributed by atoms with Gasteiger partial charge in [-0.3, -0.25) is 14.1 Å². The molecule has 2 aromatic rings. The zero-order valence-corrected chi connectivity index (χ0v) is 16.5. The monoisotopic (exact) mass is 422 g/mol. The van der Waals surface area contributed by atoms with Gasteiger partial charge in [-0.1, -0.05) is 22.9 Å². The van der Waals surface area contributed by atoms with E-state index in [0.29, 0.717) is 8.76 Å². The first kappa shape index (κ1) is 18.6. The molecule has 0 unspecified atom stereocenters. The molecular weight excluding hydrogens is 407 g/mol. The summed E-state index contributed by atoms with van der Waals surface area (Å²) in [5.74, 6) is -0.740. The summed E-state index contributed by atoms with van der Waals surface area (Å²) in [5.41, 5.74) is 0.112. The Kier molecular flexibility index (Phi) is 5.33. The van der Waals surface area contributed by atoms with Crippen molar-refractivity contribution in [3.8, 4) is 0 Å². The summed E-state index contributed by atoms with van der Waals surface area (Å²) < 4.78 is 44.7. The molecule has 3 rings (SSSR count). The quantitative estimate of drug-likeness (QED) is 0.764. The van der Waals surface area contributed by atoms with Crippen LogP contribution in [0.4, 0.5) is 15.8 Å². The fourth-order valence-corrected chi connectivity index (χ4v) is 4.67. The van der Waals surface area contributed by atoms with E-state index in [2.05, 4.69) is 9.71 Å². The van der Waals surface area contributed by atoms with Crippen molar-refractivity contribution < 1.29 is 12.8 Å². The summed E-state index contributed by atoms with van der Waals surface area (Å²) in [6, 6.07) is 2.36. The first-order valence-electron chi connectivity index (χ1n) is 7.66. The zero-order valence-electron chi connectivity index (χ0n) is 13.3. The van der Waals surface area contributed by atoms with Gasteiger partial charge in [0, 0.05) is 13.1 Å². The molecular formula is C14H16ClFN4O2S3. The Balaban J connectivity index is 2.11. The molecule has 1 aliphatic rings. The van der Waals surface area contributed by atoms with Gasteiger partial charge >= 0.3 is 0 Å². The van der Waals surface area contributed by atoms with Crippen LogP contribution >= 0.6 is 35.2 Å². The number of rotatable bonds is 4. The molecule has 0 spiro atoms. The second-order valence-corrected chi connectivity index (χ2v) is 9.52. The van der Waals surface area contributed by atoms with Crippen LogP contribution in [-0.2, 0) is 23.1 Å². The fraction of sp³-hybridized carbons (Fsp3) is 0.429. The SMILES string of the molecule is CCS(=O)(=O)Nc1cc(N=c2sc(=S)n3n2CCCC3)c(F)cc1Cl. The zero-order chi connectivity index (χ0) is 18.2. The van der Waals surface area contributed by atoms with E-state index in [4.69, 9.17) is 23.8 Å². The van der Waals surface area contributed by atoms with Gasteiger partial charge < -0.3 is 0 Å². The Bertz CT molecular complexity index is 1040. The Morgan fingerprint density at radius 2 is 2.04 bits per heavy atom. The number of halogens is 2. The Morgan fingerprint density at radius 1 is 1.36 bits per heavy atom. The molecule has 1 aliphatic heterocycles. The number of hydrogen-bond donors (Lipinski definition) is 1. The van der Waals surface area contributed by atoms with Crippen molar-refractivity contribution in [1.29, 1.82) is 0 Å². The number of nitrogens with one attached hydrogen (secondary N) is 1. The highest BCUT2D eigenvalue weighted by Crippen LogP contribution is 2.30. The third-order valence-electron chi connectivity index (χ3n) is 3.79. The highest BCUT2D eigenvalue weighted by molar-refractivity contribution is 7.92. The first-order chi connectivity index (χ1) is 11.8. The van der Waals surface area contributed by atoms with E-state index in [0.717, 1.165) is 32.0 Å². The minimum absolute atomic E-state index is 0.0101. The van der Waals surface area contributed by atoms with Crippen molar-refractivity contribution in [2.75, 3.05) is 10.5 Å². The third-order valence-corrected chi connectivity index (χ3v) is 6.72. The number of aromatic nitrogens is 2. The molecule has 0 radical (unpaired) electrons. The van der Waals surface area contributed by atoms with E-state index >= 15 is 0 Å². The molecule has 0 amide bonds. The van der Waals surface area contributed by atoms with Gasteiger partial charge in [-0.25, -0.2) is 17.8 Å². The van der Waals surface area contributed by atoms with Crippen LogP contribution in [0.2, 0.25) is 5.02 Å². The van der Waals surface area contributed by atoms with Crippen LogP contribution in [0.15, 0.2) is 17.1 Å². The molecule has 136 valence electrons. The number of nitrogens with zero attached hydrogens (tertiary/aromatic N) is 3. The molecule has 0 aliphatic carbocycles. The highest BCUT2D eigenvalue weighted by atomic mass is 35.5. The number of hydrogen-bond acceptors (Lipinski definition) is 5. The van der Waals surface area contributed by atoms with E-state index in [1.54, 1.807) is 0 Å². The summed E-state index contributed by atoms with van der Waals surface area (Å²) in [6.07, 6.45) is 2.05. The molecule has 11 heteroatoms. The van der Waals surface area contributed by atoms with Crippen molar-refractivity contribution in [3.63, 3.8) is 0 Å². The first-order valence-corrected chi connectivity index (χ1v) is 10.9. The van der Waals surface area contributed by atoms with E-state index in [9.17, 15) is 12.8 Å². The normalized spacial score (nSPS) is 15.2. The number of sulfonamides is 1. The van der Waals surface area contributed by atoms with Gasteiger partial charge in [-0.2, -0.15) is 0 Å². The lowest BCUT2D eigenvalue weighted by molar-refractivity contribution is 0.350. The predicted octanol–water partition coefficient (Wildman–Crippen LogP) is 3.66. The van der Waals surface area contributed by atoms with E-state index in [1.807, 2.05) is 9.36 Å². The molecule has 0 saturated carbocycles. The van der Waals surface area contributed by atoms with Gasteiger partial charge in [0.15, 0.2) is 9.77 Å². The molecule has 0 atom stereocenters. The minimum Gasteiger partial charge on any atom is -0.282 e. The maximum absolute atomic E-state index is 14.3. The lowest BCUT2D eigenvalue weighted by Crippen LogP contribution is -2.27. The van der Waals surface area contributed by atoms with Gasteiger partial charge in [0.25, 0.3) is 0 Å². The second-order valence-electron chi connectivity index (χ2n) is 5.50. The van der Waals surface area contributed by atoms with Crippen molar-refractivity contribution in [2.24, 2.45) is 4.99 Å². The molecule has 6 nitrogen and oxygen atoms in total. The van der Waals surface area contributed by atoms with Gasteiger partial charge in [0.05, 0.1) is 16.5 Å². The van der Waals surface area contributed by atoms with E-state index in [-0.39, 0.29) is 22.2 Å². The maximum atomic E-state index is 14.3. The smallest absolute Gasteiger partial charge is 0.232 e. The van der Waals surface area contributed by atoms with Gasteiger partial charge in [-0.15, -0.1) is 0 Å². The minimum atomic E-state index is -3.53. The molecule has 0 bridgehead atoms. The van der Waals surface area contributed by atoms with E-state index < -0.39 is 15.8 Å². The predicted molar refractivity (Wildman–Crippen MR) is 100 cm³/mol. The van der Waals surface area contributed by atoms with Crippen LogP contribution in [0.5, 0.6) is 0 Å². The number of fused-ring (bicyclic) bond motifs is 1. The van der Waals surface area contributed by atoms with Crippen LogP contribution in [0.1, 0.15) is 19.8 Å². The summed E-state index contributed by atoms with van der Waals surface area (Å²) >= 11 is 12.6. The molecule has 0 saturated heterocycles. The van der Waals surface area contributed by atoms with Gasteiger partial charge in [0.2, 0.25) is 14.8 Å². The Morgan fingerprint density at radius 3 is 2.72 bits per heavy atom. The summed E-state index contributed by atoms with van der Waals surface area (Å²) in [5, 5.41) is -0.0207. The topological polar surface area (TPSA) is 68.4 Å². The van der Waals surface area contributed by atoms with E-state index in [1.165, 1.54) is 24.3 Å². The van der Waals surface area contributed by atoms with Gasteiger partial charge in [0.1, 0.15) is 5.69 Å². The molecule has 1 aromatic heterocycles. The molecule has 1 aromatic carbocycles. The fourth-order valence-electron chi connectivity index (χ4n) is 2.46. The van der Waals surface area contributed by atoms with Crippen molar-refractivity contribution in [3.05, 3.63) is 31.7 Å². The van der Waals surface area contributed by atoms with Crippen LogP contribution in [-0.4, -0.2) is 23.5 Å². The standard InChI is InChI=1S/C14H16ClFN4O2S3/c1-2-25(21,22)18-11-8-12(10(16)7-9(11)15)17-13-19-5-3-4-6-20(19)14(23)24-13/h7-8,18H,2-6H2,1H3. The van der Waals surface area contributed by atoms with Crippen molar-refractivity contribution >= 4 is 56.6 Å². The van der Waals surface area contributed by atoms with Crippen LogP contribution in [0.25, 0.3) is 0 Å². The third kappa shape index (κ3) is 3.97. The number of benzene rings is 1. The molecule has 1 N–H and O–H groups in total. The van der Waals surface area contributed by atoms with Crippen LogP contribution in [0, 0.1) is 9.77 Å². The van der Waals surface area contributed by atoms with Gasteiger partial charge in [-0.05, 0) is 44.1 Å². The summed E-state index contributed by atoms with van der Waals surface area (Å²) in [4.78, 5) is 4.94. The largest absolute Gasteiger partial charge is 0.282 e. The average Bonchev–Trinajstić information content (AvgIpc) is 2.88. The van der Waals surface area contributed by atoms with Crippen molar-refractivity contribution in [1.82, 2.24) is 9.36 Å².